The van der Waals surface area contributed by atoms with E-state index in [-0.39, 0.29) is 48.9 Å². The first-order valence-electron chi connectivity index (χ1n) is 18.6. The molecule has 0 aromatic rings. The van der Waals surface area contributed by atoms with Crippen LogP contribution >= 0.6 is 0 Å². The maximum Gasteiger partial charge on any atom is 2.00 e. The minimum Gasteiger partial charge on any atom is -0.759 e. The van der Waals surface area contributed by atoms with Gasteiger partial charge in [0.15, 0.2) is 0 Å². The smallest absolute Gasteiger partial charge is 0.759 e. The van der Waals surface area contributed by atoms with Gasteiger partial charge < -0.3 is 9.11 Å². The van der Waals surface area contributed by atoms with Gasteiger partial charge in [-0.2, -0.15) is 0 Å². The Kier molecular flexibility index (Phi) is 11.6. The summed E-state index contributed by atoms with van der Waals surface area (Å²) in [5.74, 6) is 5.97. The second-order valence-corrected chi connectivity index (χ2v) is 16.8. The summed E-state index contributed by atoms with van der Waals surface area (Å²) in [5.41, 5.74) is 0. The van der Waals surface area contributed by atoms with Gasteiger partial charge in [-0.3, -0.25) is 51.0 Å². The maximum absolute atomic E-state index is 8.52. The summed E-state index contributed by atoms with van der Waals surface area (Å²) in [6.07, 6.45) is 25.6. The van der Waals surface area contributed by atoms with E-state index in [1.54, 1.807) is 0 Å². The van der Waals surface area contributed by atoms with Crippen LogP contribution < -0.4 is 42.5 Å². The third-order valence-electron chi connectivity index (χ3n) is 13.8. The fourth-order valence-corrected chi connectivity index (χ4v) is 12.0. The molecule has 5 saturated heterocycles. The Bertz CT molecular complexity index is 941. The molecule has 46 heavy (non-hydrogen) atoms. The third kappa shape index (κ3) is 7.38. The van der Waals surface area contributed by atoms with Gasteiger partial charge in [0.25, 0.3) is 0 Å². The molecular weight excluding hydrogens is 730 g/mol. The van der Waals surface area contributed by atoms with Crippen molar-refractivity contribution < 1.29 is 17.5 Å². The molecule has 5 heterocycles. The van der Waals surface area contributed by atoms with E-state index < -0.39 is 10.4 Å². The van der Waals surface area contributed by atoms with Gasteiger partial charge in [-0.1, -0.05) is 51.4 Å². The van der Waals surface area contributed by atoms with Crippen LogP contribution in [0.2, 0.25) is 0 Å². The van der Waals surface area contributed by atoms with Gasteiger partial charge in [0, 0.05) is 10.4 Å². The van der Waals surface area contributed by atoms with E-state index in [1.807, 2.05) is 0 Å². The molecule has 8 atom stereocenters. The second-order valence-electron chi connectivity index (χ2n) is 16.0. The molecule has 9 aliphatic rings. The summed E-state index contributed by atoms with van der Waals surface area (Å²) >= 11 is 0. The zero-order chi connectivity index (χ0) is 30.7. The minimum absolute atomic E-state index is 0. The van der Waals surface area contributed by atoms with Crippen molar-refractivity contribution in [3.8, 4) is 0 Å². The van der Waals surface area contributed by atoms with Gasteiger partial charge >= 0.3 is 48.9 Å². The van der Waals surface area contributed by atoms with Gasteiger partial charge in [0.1, 0.15) is 0 Å². The molecule has 14 heteroatoms. The van der Waals surface area contributed by atoms with E-state index in [0.29, 0.717) is 49.3 Å². The van der Waals surface area contributed by atoms with Crippen LogP contribution in [0.3, 0.4) is 0 Å². The van der Waals surface area contributed by atoms with Crippen molar-refractivity contribution in [2.75, 3.05) is 0 Å². The first-order chi connectivity index (χ1) is 21.8. The zero-order valence-electron chi connectivity index (χ0n) is 27.3. The quantitative estimate of drug-likeness (QED) is 0.0992. The topological polar surface area (TPSA) is 176 Å². The summed E-state index contributed by atoms with van der Waals surface area (Å²) < 4.78 is 34.1. The zero-order valence-corrected chi connectivity index (χ0v) is 32.6. The van der Waals surface area contributed by atoms with E-state index in [9.17, 15) is 0 Å². The molecule has 0 aromatic heterocycles. The van der Waals surface area contributed by atoms with Crippen molar-refractivity contribution in [2.24, 2.45) is 47.3 Å². The maximum atomic E-state index is 8.52. The summed E-state index contributed by atoms with van der Waals surface area (Å²) in [7, 11) is -5.17. The Morgan fingerprint density at radius 3 is 0.543 bits per heavy atom. The molecule has 4 aliphatic carbocycles. The fraction of sp³-hybridized carbons (Fsp3) is 1.00. The molecule has 0 radical (unpaired) electrons. The van der Waals surface area contributed by atoms with Crippen molar-refractivity contribution in [3.05, 3.63) is 0 Å². The number of hydrogen-bond donors (Lipinski definition) is 8. The van der Waals surface area contributed by atoms with Crippen molar-refractivity contribution >= 4 is 59.3 Å². The van der Waals surface area contributed by atoms with Crippen molar-refractivity contribution in [1.29, 1.82) is 0 Å². The van der Waals surface area contributed by atoms with Crippen LogP contribution in [0.4, 0.5) is 0 Å². The van der Waals surface area contributed by atoms with Crippen molar-refractivity contribution in [2.45, 2.75) is 152 Å². The summed E-state index contributed by atoms with van der Waals surface area (Å²) in [5, 5.41) is 33.8. The summed E-state index contributed by atoms with van der Waals surface area (Å²) in [6.45, 7) is 0. The molecule has 9 fully saturated rings. The first-order valence-corrected chi connectivity index (χ1v) is 19.9. The molecule has 12 nitrogen and oxygen atoms in total. The Labute approximate surface area is 316 Å². The van der Waals surface area contributed by atoms with Crippen LogP contribution in [-0.2, 0) is 10.4 Å². The van der Waals surface area contributed by atoms with Gasteiger partial charge in [0.05, 0.1) is 49.3 Å². The number of nitrogens with one attached hydrogen (secondary N) is 8. The molecule has 8 bridgehead atoms. The fourth-order valence-electron chi connectivity index (χ4n) is 12.0. The van der Waals surface area contributed by atoms with E-state index in [4.69, 9.17) is 17.5 Å². The standard InChI is InChI=1S/C32H56N8.Ba.H2O4S/c1-2-10-18-17(9-1)25-33-26(18)38-28-21-13-5-6-14-22(21)30(35-28)40-32-24-16-8-7-15-23(24)31(36-32)39-29-20-12-4-3-11-19(20)27(34-29)37-25;;1-5(2,3)4/h17-40H,1-16H2;;(H2,1,2,3,4)/q;+2;/p-2. The van der Waals surface area contributed by atoms with Crippen LogP contribution in [0.1, 0.15) is 103 Å². The largest absolute Gasteiger partial charge is 2.00 e. The van der Waals surface area contributed by atoms with Crippen LogP contribution in [0.15, 0.2) is 0 Å². The van der Waals surface area contributed by atoms with E-state index >= 15 is 0 Å². The predicted octanol–water partition coefficient (Wildman–Crippen LogP) is 0.887. The minimum atomic E-state index is -5.17. The van der Waals surface area contributed by atoms with Crippen molar-refractivity contribution in [3.63, 3.8) is 0 Å². The SMILES string of the molecule is C1CCC2C3NC(NC4NC(NC5NC(NC6NC(N3)C3CCCCC63)C3CCCCC53)C3CCCCC43)C2C1.O=S(=O)([O-])[O-].[Ba+2]. The molecule has 0 amide bonds. The van der Waals surface area contributed by atoms with Gasteiger partial charge in [-0.25, -0.2) is 0 Å². The molecule has 0 aromatic carbocycles. The Morgan fingerprint density at radius 2 is 0.435 bits per heavy atom. The molecular formula is C32H56BaN8O4S. The Hall–Kier alpha value is 1.12. The number of fused-ring (bicyclic) bond motifs is 20. The van der Waals surface area contributed by atoms with E-state index in [1.165, 1.54) is 103 Å². The summed E-state index contributed by atoms with van der Waals surface area (Å²) in [4.78, 5) is 0. The predicted molar refractivity (Wildman–Crippen MR) is 173 cm³/mol. The Morgan fingerprint density at radius 1 is 0.326 bits per heavy atom. The van der Waals surface area contributed by atoms with Gasteiger partial charge in [-0.15, -0.1) is 0 Å². The Balaban J connectivity index is 0.000000526. The molecule has 8 unspecified atom stereocenters. The van der Waals surface area contributed by atoms with Crippen LogP contribution in [-0.4, -0.2) is 116 Å². The molecule has 4 saturated carbocycles. The van der Waals surface area contributed by atoms with Gasteiger partial charge in [-0.05, 0) is 98.7 Å². The van der Waals surface area contributed by atoms with Crippen molar-refractivity contribution in [1.82, 2.24) is 42.5 Å². The normalized spacial score (nSPS) is 51.3. The van der Waals surface area contributed by atoms with Crippen LogP contribution in [0.5, 0.6) is 0 Å². The first kappa shape index (κ1) is 35.5. The number of hydrogen-bond acceptors (Lipinski definition) is 12. The second kappa shape index (κ2) is 15.0. The average molecular weight is 786 g/mol. The molecule has 9 rings (SSSR count). The van der Waals surface area contributed by atoms with Crippen LogP contribution in [0.25, 0.3) is 0 Å². The molecule has 5 aliphatic heterocycles. The number of rotatable bonds is 0. The summed E-state index contributed by atoms with van der Waals surface area (Å²) in [6, 6.07) is 0. The third-order valence-corrected chi connectivity index (χ3v) is 13.8. The molecule has 8 N–H and O–H groups in total. The van der Waals surface area contributed by atoms with Crippen LogP contribution in [0, 0.1) is 47.3 Å². The average Bonchev–Trinajstić information content (AvgIpc) is 3.76. The monoisotopic (exact) mass is 786 g/mol. The van der Waals surface area contributed by atoms with E-state index in [2.05, 4.69) is 42.5 Å². The molecule has 0 spiro atoms. The van der Waals surface area contributed by atoms with E-state index in [0.717, 1.165) is 47.3 Å². The molecule has 256 valence electrons. The van der Waals surface area contributed by atoms with Gasteiger partial charge in [0.2, 0.25) is 0 Å².